The summed E-state index contributed by atoms with van der Waals surface area (Å²) in [6.07, 6.45) is 2.52. The molecule has 0 bridgehead atoms. The molecule has 6 heteroatoms. The molecule has 0 aliphatic carbocycles. The standard InChI is InChI=1S/C19H32N4O.HI/c1-4-20-19(21-14-16-10-12-23(3)13-11-16)22-15-17-8-6-7-9-18(17)24-5-2;/h6-9,16H,4-5,10-15H2,1-3H3,(H2,20,21,22);1H. The van der Waals surface area contributed by atoms with Gasteiger partial charge in [0.1, 0.15) is 5.75 Å². The van der Waals surface area contributed by atoms with Crippen molar-refractivity contribution in [2.75, 3.05) is 39.8 Å². The molecule has 1 heterocycles. The third-order valence-corrected chi connectivity index (χ3v) is 4.42. The minimum atomic E-state index is 0. The summed E-state index contributed by atoms with van der Waals surface area (Å²) in [6, 6.07) is 8.12. The van der Waals surface area contributed by atoms with Crippen molar-refractivity contribution in [1.29, 1.82) is 0 Å². The highest BCUT2D eigenvalue weighted by Gasteiger charge is 2.16. The maximum absolute atomic E-state index is 5.68. The van der Waals surface area contributed by atoms with Gasteiger partial charge >= 0.3 is 0 Å². The van der Waals surface area contributed by atoms with Crippen molar-refractivity contribution in [3.05, 3.63) is 29.8 Å². The third kappa shape index (κ3) is 7.81. The van der Waals surface area contributed by atoms with Crippen molar-refractivity contribution >= 4 is 29.9 Å². The number of rotatable bonds is 7. The Labute approximate surface area is 169 Å². The van der Waals surface area contributed by atoms with Crippen molar-refractivity contribution in [2.45, 2.75) is 33.2 Å². The molecule has 1 aromatic carbocycles. The van der Waals surface area contributed by atoms with Gasteiger partial charge in [-0.05, 0) is 58.8 Å². The van der Waals surface area contributed by atoms with E-state index in [2.05, 4.69) is 35.6 Å². The predicted molar refractivity (Wildman–Crippen MR) is 116 cm³/mol. The molecule has 5 nitrogen and oxygen atoms in total. The highest BCUT2D eigenvalue weighted by molar-refractivity contribution is 14.0. The molecule has 0 radical (unpaired) electrons. The monoisotopic (exact) mass is 460 g/mol. The number of halogens is 1. The van der Waals surface area contributed by atoms with E-state index < -0.39 is 0 Å². The highest BCUT2D eigenvalue weighted by Crippen LogP contribution is 2.19. The summed E-state index contributed by atoms with van der Waals surface area (Å²) in [5, 5.41) is 6.85. The largest absolute Gasteiger partial charge is 0.494 e. The average Bonchev–Trinajstić information content (AvgIpc) is 2.60. The van der Waals surface area contributed by atoms with E-state index in [1.165, 1.54) is 25.9 Å². The minimum Gasteiger partial charge on any atom is -0.494 e. The summed E-state index contributed by atoms with van der Waals surface area (Å²) in [5.74, 6) is 2.55. The van der Waals surface area contributed by atoms with Crippen LogP contribution in [0.4, 0.5) is 0 Å². The number of nitrogens with zero attached hydrogens (tertiary/aromatic N) is 2. The maximum Gasteiger partial charge on any atom is 0.191 e. The van der Waals surface area contributed by atoms with Crippen molar-refractivity contribution in [3.63, 3.8) is 0 Å². The van der Waals surface area contributed by atoms with Crippen LogP contribution in [0.25, 0.3) is 0 Å². The van der Waals surface area contributed by atoms with E-state index in [0.717, 1.165) is 36.3 Å². The van der Waals surface area contributed by atoms with Gasteiger partial charge < -0.3 is 20.3 Å². The minimum absolute atomic E-state index is 0. The first kappa shape index (κ1) is 22.0. The normalized spacial score (nSPS) is 16.2. The fourth-order valence-electron chi connectivity index (χ4n) is 2.94. The number of aliphatic imine (C=N–C) groups is 1. The highest BCUT2D eigenvalue weighted by atomic mass is 127. The van der Waals surface area contributed by atoms with Crippen LogP contribution < -0.4 is 15.4 Å². The quantitative estimate of drug-likeness (QED) is 0.373. The fourth-order valence-corrected chi connectivity index (χ4v) is 2.94. The molecule has 0 unspecified atom stereocenters. The second kappa shape index (κ2) is 12.4. The van der Waals surface area contributed by atoms with Crippen molar-refractivity contribution in [1.82, 2.24) is 15.5 Å². The number of piperidine rings is 1. The number of ether oxygens (including phenoxy) is 1. The van der Waals surface area contributed by atoms with Crippen molar-refractivity contribution in [3.8, 4) is 5.75 Å². The van der Waals surface area contributed by atoms with Crippen LogP contribution in [0.3, 0.4) is 0 Å². The number of para-hydroxylation sites is 1. The van der Waals surface area contributed by atoms with E-state index in [1.807, 2.05) is 25.1 Å². The molecule has 1 aliphatic rings. The number of nitrogens with one attached hydrogen (secondary N) is 2. The van der Waals surface area contributed by atoms with E-state index in [9.17, 15) is 0 Å². The van der Waals surface area contributed by atoms with Gasteiger partial charge in [-0.2, -0.15) is 0 Å². The zero-order valence-electron chi connectivity index (χ0n) is 15.8. The lowest BCUT2D eigenvalue weighted by molar-refractivity contribution is 0.220. The van der Waals surface area contributed by atoms with E-state index in [-0.39, 0.29) is 24.0 Å². The van der Waals surface area contributed by atoms with Crippen molar-refractivity contribution < 1.29 is 4.74 Å². The summed E-state index contributed by atoms with van der Waals surface area (Å²) in [6.45, 7) is 9.66. The molecule has 1 aliphatic heterocycles. The van der Waals surface area contributed by atoms with Crippen LogP contribution >= 0.6 is 24.0 Å². The van der Waals surface area contributed by atoms with Crippen LogP contribution in [0.1, 0.15) is 32.3 Å². The second-order valence-corrected chi connectivity index (χ2v) is 6.36. The lowest BCUT2D eigenvalue weighted by atomic mass is 9.97. The molecule has 142 valence electrons. The van der Waals surface area contributed by atoms with E-state index in [4.69, 9.17) is 9.73 Å². The summed E-state index contributed by atoms with van der Waals surface area (Å²) in [4.78, 5) is 7.13. The molecule has 0 spiro atoms. The first-order chi connectivity index (χ1) is 11.7. The van der Waals surface area contributed by atoms with Gasteiger partial charge in [-0.25, -0.2) is 4.99 Å². The first-order valence-corrected chi connectivity index (χ1v) is 9.14. The Bertz CT molecular complexity index is 516. The van der Waals surface area contributed by atoms with Crippen LogP contribution in [-0.2, 0) is 6.54 Å². The van der Waals surface area contributed by atoms with Gasteiger partial charge in [0, 0.05) is 18.7 Å². The molecule has 1 fully saturated rings. The average molecular weight is 460 g/mol. The third-order valence-electron chi connectivity index (χ3n) is 4.42. The Balaban J connectivity index is 0.00000312. The Kier molecular flexibility index (Phi) is 10.9. The number of guanidine groups is 1. The Morgan fingerprint density at radius 2 is 1.92 bits per heavy atom. The molecule has 0 aromatic heterocycles. The van der Waals surface area contributed by atoms with Crippen LogP contribution in [0.2, 0.25) is 0 Å². The molecular formula is C19H33IN4O. The van der Waals surface area contributed by atoms with Crippen molar-refractivity contribution in [2.24, 2.45) is 10.9 Å². The topological polar surface area (TPSA) is 48.9 Å². The lowest BCUT2D eigenvalue weighted by Gasteiger charge is -2.29. The number of hydrogen-bond acceptors (Lipinski definition) is 3. The summed E-state index contributed by atoms with van der Waals surface area (Å²) in [5.41, 5.74) is 1.12. The van der Waals surface area contributed by atoms with Gasteiger partial charge in [0.15, 0.2) is 5.96 Å². The van der Waals surface area contributed by atoms with Gasteiger partial charge in [-0.15, -0.1) is 24.0 Å². The predicted octanol–water partition coefficient (Wildman–Crippen LogP) is 3.10. The molecular weight excluding hydrogens is 427 g/mol. The van der Waals surface area contributed by atoms with Gasteiger partial charge in [-0.1, -0.05) is 18.2 Å². The Hall–Kier alpha value is -1.02. The van der Waals surface area contributed by atoms with E-state index >= 15 is 0 Å². The summed E-state index contributed by atoms with van der Waals surface area (Å²) in [7, 11) is 2.20. The number of benzene rings is 1. The first-order valence-electron chi connectivity index (χ1n) is 9.14. The van der Waals surface area contributed by atoms with Gasteiger partial charge in [0.05, 0.1) is 13.2 Å². The lowest BCUT2D eigenvalue weighted by Crippen LogP contribution is -2.42. The molecule has 2 rings (SSSR count). The Morgan fingerprint density at radius 3 is 2.60 bits per heavy atom. The van der Waals surface area contributed by atoms with Crippen LogP contribution in [0, 0.1) is 5.92 Å². The van der Waals surface area contributed by atoms with Crippen LogP contribution in [-0.4, -0.2) is 50.7 Å². The number of likely N-dealkylation sites (tertiary alicyclic amines) is 1. The van der Waals surface area contributed by atoms with Gasteiger partial charge in [0.25, 0.3) is 0 Å². The molecule has 1 saturated heterocycles. The molecule has 0 saturated carbocycles. The van der Waals surface area contributed by atoms with Crippen LogP contribution in [0.5, 0.6) is 5.75 Å². The maximum atomic E-state index is 5.68. The van der Waals surface area contributed by atoms with Crippen LogP contribution in [0.15, 0.2) is 29.3 Å². The molecule has 0 atom stereocenters. The van der Waals surface area contributed by atoms with Gasteiger partial charge in [0.2, 0.25) is 0 Å². The van der Waals surface area contributed by atoms with Gasteiger partial charge in [-0.3, -0.25) is 0 Å². The smallest absolute Gasteiger partial charge is 0.191 e. The summed E-state index contributed by atoms with van der Waals surface area (Å²) >= 11 is 0. The molecule has 2 N–H and O–H groups in total. The fraction of sp³-hybridized carbons (Fsp3) is 0.632. The SMILES string of the molecule is CCNC(=NCc1ccccc1OCC)NCC1CCN(C)CC1.I. The number of hydrogen-bond donors (Lipinski definition) is 2. The molecule has 1 aromatic rings. The molecule has 25 heavy (non-hydrogen) atoms. The van der Waals surface area contributed by atoms with E-state index in [0.29, 0.717) is 13.2 Å². The zero-order valence-corrected chi connectivity index (χ0v) is 18.1. The zero-order chi connectivity index (χ0) is 17.2. The van der Waals surface area contributed by atoms with E-state index in [1.54, 1.807) is 0 Å². The molecule has 0 amide bonds. The Morgan fingerprint density at radius 1 is 1.20 bits per heavy atom. The second-order valence-electron chi connectivity index (χ2n) is 6.36. The summed E-state index contributed by atoms with van der Waals surface area (Å²) < 4.78 is 5.68.